The maximum Gasteiger partial charge on any atom is 0.259 e. The number of ketones is 3. The first-order valence-corrected chi connectivity index (χ1v) is 10.4. The van der Waals surface area contributed by atoms with Gasteiger partial charge in [-0.1, -0.05) is 23.7 Å². The van der Waals surface area contributed by atoms with Crippen LogP contribution in [-0.2, 0) is 26.3 Å². The van der Waals surface area contributed by atoms with Gasteiger partial charge in [0.15, 0.2) is 17.3 Å². The Morgan fingerprint density at radius 2 is 2.00 bits per heavy atom. The van der Waals surface area contributed by atoms with Crippen LogP contribution in [0.4, 0.5) is 0 Å². The minimum absolute atomic E-state index is 0.00575. The fraction of sp³-hybridized carbons (Fsp3) is 0.250. The van der Waals surface area contributed by atoms with Crippen LogP contribution in [0.15, 0.2) is 42.2 Å². The number of phenolic OH excluding ortho intramolecular Hbond substituents is 1. The van der Waals surface area contributed by atoms with E-state index < -0.39 is 34.6 Å². The molecule has 4 rings (SSSR count). The van der Waals surface area contributed by atoms with Crippen molar-refractivity contribution >= 4 is 34.9 Å². The van der Waals surface area contributed by atoms with Gasteiger partial charge in [-0.25, -0.2) is 0 Å². The van der Waals surface area contributed by atoms with Crippen molar-refractivity contribution in [2.24, 2.45) is 5.92 Å². The Morgan fingerprint density at radius 1 is 1.27 bits per heavy atom. The molecule has 1 amide bonds. The molecule has 2 aliphatic rings. The molecule has 2 atom stereocenters. The number of halogens is 1. The van der Waals surface area contributed by atoms with E-state index in [9.17, 15) is 24.3 Å². The van der Waals surface area contributed by atoms with Gasteiger partial charge in [0, 0.05) is 23.7 Å². The van der Waals surface area contributed by atoms with Crippen molar-refractivity contribution in [2.75, 3.05) is 7.11 Å². The molecule has 0 bridgehead atoms. The largest absolute Gasteiger partial charge is 0.507 e. The molecule has 170 valence electrons. The Kier molecular flexibility index (Phi) is 5.49. The van der Waals surface area contributed by atoms with Gasteiger partial charge in [0.05, 0.1) is 12.7 Å². The summed E-state index contributed by atoms with van der Waals surface area (Å²) in [5, 5.41) is 14.0. The highest BCUT2D eigenvalue weighted by atomic mass is 35.5. The molecule has 8 nitrogen and oxygen atoms in total. The van der Waals surface area contributed by atoms with E-state index in [0.717, 1.165) is 18.6 Å². The number of carbonyl (C=O) groups is 4. The number of methoxy groups -OCH3 is 1. The molecular formula is C24H20ClNO7. The van der Waals surface area contributed by atoms with Crippen LogP contribution >= 0.6 is 11.6 Å². The molecule has 2 N–H and O–H groups in total. The molecule has 0 saturated heterocycles. The molecule has 0 saturated carbocycles. The lowest BCUT2D eigenvalue weighted by atomic mass is 9.67. The van der Waals surface area contributed by atoms with Crippen molar-refractivity contribution < 1.29 is 33.8 Å². The number of amides is 1. The number of allylic oxidation sites excluding steroid dienone is 2. The molecule has 0 spiro atoms. The Labute approximate surface area is 194 Å². The molecule has 1 aliphatic carbocycles. The van der Waals surface area contributed by atoms with Gasteiger partial charge in [-0.05, 0) is 31.5 Å². The fourth-order valence-corrected chi connectivity index (χ4v) is 4.48. The fourth-order valence-electron chi connectivity index (χ4n) is 4.27. The number of hydrogen-bond donors (Lipinski definition) is 2. The molecule has 0 fully saturated rings. The standard InChI is InChI=1S/C24H20ClNO7/c1-11(27)18-14(28)9-17-24(2,22(18)30)20-15(29)8-16(32-3)19(21(20)33-17)23(31)26-10-12-5-4-6-13(25)7-12/h4-9,18,29H,10H2,1-3H3,(H,26,31)/t18?,24-/m1/s1. The molecule has 1 unspecified atom stereocenters. The molecule has 1 aliphatic heterocycles. The van der Waals surface area contributed by atoms with E-state index in [-0.39, 0.29) is 40.7 Å². The highest BCUT2D eigenvalue weighted by Gasteiger charge is 2.58. The number of ether oxygens (including phenoxy) is 2. The topological polar surface area (TPSA) is 119 Å². The highest BCUT2D eigenvalue weighted by molar-refractivity contribution is 6.30. The van der Waals surface area contributed by atoms with Gasteiger partial charge in [-0.2, -0.15) is 0 Å². The summed E-state index contributed by atoms with van der Waals surface area (Å²) in [6, 6.07) is 8.14. The van der Waals surface area contributed by atoms with Gasteiger partial charge in [-0.3, -0.25) is 19.2 Å². The normalized spacial score (nSPS) is 21.0. The molecular weight excluding hydrogens is 450 g/mol. The number of carbonyl (C=O) groups excluding carboxylic acids is 4. The first-order chi connectivity index (χ1) is 15.6. The summed E-state index contributed by atoms with van der Waals surface area (Å²) in [4.78, 5) is 50.8. The Balaban J connectivity index is 1.81. The Bertz CT molecular complexity index is 1270. The van der Waals surface area contributed by atoms with Gasteiger partial charge in [0.1, 0.15) is 39.9 Å². The maximum absolute atomic E-state index is 13.3. The Morgan fingerprint density at radius 3 is 2.64 bits per heavy atom. The van der Waals surface area contributed by atoms with Gasteiger partial charge in [-0.15, -0.1) is 0 Å². The number of nitrogens with one attached hydrogen (secondary N) is 1. The van der Waals surface area contributed by atoms with E-state index >= 15 is 0 Å². The predicted octanol–water partition coefficient (Wildman–Crippen LogP) is 2.88. The van der Waals surface area contributed by atoms with Crippen LogP contribution < -0.4 is 14.8 Å². The van der Waals surface area contributed by atoms with Gasteiger partial charge in [0.25, 0.3) is 5.91 Å². The average Bonchev–Trinajstić information content (AvgIpc) is 3.05. The summed E-state index contributed by atoms with van der Waals surface area (Å²) >= 11 is 5.99. The third kappa shape index (κ3) is 3.47. The molecule has 9 heteroatoms. The monoisotopic (exact) mass is 469 g/mol. The zero-order valence-electron chi connectivity index (χ0n) is 18.0. The zero-order valence-corrected chi connectivity index (χ0v) is 18.8. The SMILES string of the molecule is COc1cc(O)c2c(c1C(=O)NCc1cccc(Cl)c1)OC1=CC(=O)C(C(C)=O)C(=O)[C@]12C. The van der Waals surface area contributed by atoms with Crippen LogP contribution in [0.1, 0.15) is 35.3 Å². The number of Topliss-reactive ketones (excluding diaryl/α,β-unsaturated/α-hetero) is 2. The summed E-state index contributed by atoms with van der Waals surface area (Å²) in [5.74, 6) is -4.63. The van der Waals surface area contributed by atoms with Crippen molar-refractivity contribution in [1.29, 1.82) is 0 Å². The zero-order chi connectivity index (χ0) is 24.1. The molecule has 2 aromatic carbocycles. The number of phenols is 1. The molecule has 0 aromatic heterocycles. The van der Waals surface area contributed by atoms with E-state index in [4.69, 9.17) is 21.1 Å². The summed E-state index contributed by atoms with van der Waals surface area (Å²) in [6.07, 6.45) is 1.08. The number of rotatable bonds is 5. The second kappa shape index (κ2) is 8.04. The number of aromatic hydroxyl groups is 1. The molecule has 33 heavy (non-hydrogen) atoms. The number of hydrogen-bond acceptors (Lipinski definition) is 7. The van der Waals surface area contributed by atoms with E-state index in [1.165, 1.54) is 20.1 Å². The van der Waals surface area contributed by atoms with Crippen molar-refractivity contribution in [3.05, 3.63) is 63.9 Å². The second-order valence-corrected chi connectivity index (χ2v) is 8.47. The molecule has 1 heterocycles. The van der Waals surface area contributed by atoms with E-state index in [0.29, 0.717) is 5.02 Å². The lowest BCUT2D eigenvalue weighted by Crippen LogP contribution is -2.47. The van der Waals surface area contributed by atoms with Crippen molar-refractivity contribution in [2.45, 2.75) is 25.8 Å². The van der Waals surface area contributed by atoms with Crippen LogP contribution in [-0.4, -0.2) is 35.5 Å². The molecule has 0 radical (unpaired) electrons. The quantitative estimate of drug-likeness (QED) is 0.646. The van der Waals surface area contributed by atoms with Crippen molar-refractivity contribution in [3.63, 3.8) is 0 Å². The van der Waals surface area contributed by atoms with E-state index in [1.54, 1.807) is 24.3 Å². The summed E-state index contributed by atoms with van der Waals surface area (Å²) in [6.45, 7) is 2.75. The molecule has 2 aromatic rings. The first-order valence-electron chi connectivity index (χ1n) is 10.0. The van der Waals surface area contributed by atoms with Crippen molar-refractivity contribution in [3.8, 4) is 17.2 Å². The van der Waals surface area contributed by atoms with Crippen LogP contribution in [0.3, 0.4) is 0 Å². The summed E-state index contributed by atoms with van der Waals surface area (Å²) < 4.78 is 11.1. The van der Waals surface area contributed by atoms with Crippen LogP contribution in [0, 0.1) is 5.92 Å². The van der Waals surface area contributed by atoms with Crippen LogP contribution in [0.25, 0.3) is 0 Å². The lowest BCUT2D eigenvalue weighted by Gasteiger charge is -2.30. The third-order valence-electron chi connectivity index (χ3n) is 5.94. The second-order valence-electron chi connectivity index (χ2n) is 8.04. The third-order valence-corrected chi connectivity index (χ3v) is 6.17. The van der Waals surface area contributed by atoms with E-state index in [1.807, 2.05) is 0 Å². The average molecular weight is 470 g/mol. The predicted molar refractivity (Wildman–Crippen MR) is 118 cm³/mol. The van der Waals surface area contributed by atoms with Crippen molar-refractivity contribution in [1.82, 2.24) is 5.32 Å². The first kappa shape index (κ1) is 22.5. The minimum Gasteiger partial charge on any atom is -0.507 e. The van der Waals surface area contributed by atoms with E-state index in [2.05, 4.69) is 5.32 Å². The highest BCUT2D eigenvalue weighted by Crippen LogP contribution is 2.56. The van der Waals surface area contributed by atoms with Gasteiger partial charge in [0.2, 0.25) is 0 Å². The van der Waals surface area contributed by atoms with Gasteiger partial charge >= 0.3 is 0 Å². The smallest absolute Gasteiger partial charge is 0.259 e. The summed E-state index contributed by atoms with van der Waals surface area (Å²) in [5.41, 5.74) is -0.910. The number of fused-ring (bicyclic) bond motifs is 3. The van der Waals surface area contributed by atoms with Crippen LogP contribution in [0.2, 0.25) is 5.02 Å². The summed E-state index contributed by atoms with van der Waals surface area (Å²) in [7, 11) is 1.32. The maximum atomic E-state index is 13.3. The Hall–Kier alpha value is -3.65. The lowest BCUT2D eigenvalue weighted by molar-refractivity contribution is -0.140. The van der Waals surface area contributed by atoms with Crippen LogP contribution in [0.5, 0.6) is 17.2 Å². The number of benzene rings is 2. The minimum atomic E-state index is -1.61. The van der Waals surface area contributed by atoms with Gasteiger partial charge < -0.3 is 19.9 Å².